The van der Waals surface area contributed by atoms with E-state index in [0.717, 1.165) is 19.5 Å². The van der Waals surface area contributed by atoms with E-state index in [1.54, 1.807) is 0 Å². The van der Waals surface area contributed by atoms with E-state index in [-0.39, 0.29) is 0 Å². The SMILES string of the molecule is CCNCc1ccc(C)c(-c2cn(C)nc2CC)c1. The number of hydrogen-bond donors (Lipinski definition) is 1. The zero-order valence-corrected chi connectivity index (χ0v) is 12.3. The third kappa shape index (κ3) is 3.04. The van der Waals surface area contributed by atoms with Crippen LogP contribution in [0.1, 0.15) is 30.7 Å². The zero-order valence-electron chi connectivity index (χ0n) is 12.3. The second-order valence-corrected chi connectivity index (χ2v) is 4.95. The minimum atomic E-state index is 0.922. The van der Waals surface area contributed by atoms with Crippen LogP contribution in [0.3, 0.4) is 0 Å². The summed E-state index contributed by atoms with van der Waals surface area (Å²) in [5.41, 5.74) is 6.38. The topological polar surface area (TPSA) is 29.9 Å². The molecule has 0 saturated heterocycles. The molecule has 0 saturated carbocycles. The van der Waals surface area contributed by atoms with E-state index < -0.39 is 0 Å². The molecular weight excluding hydrogens is 234 g/mol. The Hall–Kier alpha value is -1.61. The van der Waals surface area contributed by atoms with Crippen LogP contribution < -0.4 is 5.32 Å². The lowest BCUT2D eigenvalue weighted by Gasteiger charge is -2.09. The predicted molar refractivity (Wildman–Crippen MR) is 80.1 cm³/mol. The van der Waals surface area contributed by atoms with Crippen LogP contribution in [0.15, 0.2) is 24.4 Å². The van der Waals surface area contributed by atoms with E-state index in [4.69, 9.17) is 0 Å². The molecular formula is C16H23N3. The van der Waals surface area contributed by atoms with Gasteiger partial charge in [0.25, 0.3) is 0 Å². The van der Waals surface area contributed by atoms with Gasteiger partial charge in [-0.1, -0.05) is 26.0 Å². The lowest BCUT2D eigenvalue weighted by Crippen LogP contribution is -2.11. The van der Waals surface area contributed by atoms with Crippen LogP contribution >= 0.6 is 0 Å². The summed E-state index contributed by atoms with van der Waals surface area (Å²) < 4.78 is 1.91. The molecule has 1 aromatic heterocycles. The largest absolute Gasteiger partial charge is 0.313 e. The Morgan fingerprint density at radius 1 is 1.21 bits per heavy atom. The van der Waals surface area contributed by atoms with Gasteiger partial charge in [-0.2, -0.15) is 5.10 Å². The summed E-state index contributed by atoms with van der Waals surface area (Å²) in [6.45, 7) is 8.37. The van der Waals surface area contributed by atoms with Gasteiger partial charge >= 0.3 is 0 Å². The lowest BCUT2D eigenvalue weighted by molar-refractivity contribution is 0.727. The van der Waals surface area contributed by atoms with Crippen molar-refractivity contribution in [3.05, 3.63) is 41.2 Å². The molecule has 1 heterocycles. The van der Waals surface area contributed by atoms with Crippen LogP contribution in [0, 0.1) is 6.92 Å². The molecule has 0 aliphatic carbocycles. The first-order valence-corrected chi connectivity index (χ1v) is 6.98. The molecule has 1 N–H and O–H groups in total. The van der Waals surface area contributed by atoms with E-state index in [0.29, 0.717) is 0 Å². The fourth-order valence-electron chi connectivity index (χ4n) is 2.36. The Balaban J connectivity index is 2.42. The quantitative estimate of drug-likeness (QED) is 0.892. The van der Waals surface area contributed by atoms with Gasteiger partial charge in [0.05, 0.1) is 5.69 Å². The molecule has 102 valence electrons. The van der Waals surface area contributed by atoms with Gasteiger partial charge in [-0.3, -0.25) is 4.68 Å². The summed E-state index contributed by atoms with van der Waals surface area (Å²) in [7, 11) is 1.99. The smallest absolute Gasteiger partial charge is 0.0700 e. The summed E-state index contributed by atoms with van der Waals surface area (Å²) in [5.74, 6) is 0. The van der Waals surface area contributed by atoms with Crippen molar-refractivity contribution in [1.29, 1.82) is 0 Å². The average molecular weight is 257 g/mol. The van der Waals surface area contributed by atoms with Gasteiger partial charge < -0.3 is 5.32 Å². The van der Waals surface area contributed by atoms with E-state index in [1.165, 1.54) is 27.9 Å². The molecule has 0 atom stereocenters. The van der Waals surface area contributed by atoms with Crippen molar-refractivity contribution < 1.29 is 0 Å². The molecule has 0 radical (unpaired) electrons. The molecule has 2 rings (SSSR count). The molecule has 0 amide bonds. The third-order valence-corrected chi connectivity index (χ3v) is 3.41. The predicted octanol–water partition coefficient (Wildman–Crippen LogP) is 3.07. The molecule has 0 aliphatic rings. The molecule has 2 aromatic rings. The van der Waals surface area contributed by atoms with Crippen LogP contribution in [0.2, 0.25) is 0 Å². The van der Waals surface area contributed by atoms with E-state index in [9.17, 15) is 0 Å². The number of benzene rings is 1. The van der Waals surface area contributed by atoms with Gasteiger partial charge in [0.1, 0.15) is 0 Å². The first-order valence-electron chi connectivity index (χ1n) is 6.98. The fraction of sp³-hybridized carbons (Fsp3) is 0.438. The highest BCUT2D eigenvalue weighted by atomic mass is 15.2. The van der Waals surface area contributed by atoms with Crippen molar-refractivity contribution in [2.45, 2.75) is 33.7 Å². The molecule has 0 unspecified atom stereocenters. The highest BCUT2D eigenvalue weighted by molar-refractivity contribution is 5.69. The number of rotatable bonds is 5. The van der Waals surface area contributed by atoms with Crippen LogP contribution in [-0.2, 0) is 20.0 Å². The van der Waals surface area contributed by atoms with Crippen molar-refractivity contribution in [2.75, 3.05) is 6.54 Å². The van der Waals surface area contributed by atoms with Gasteiger partial charge in [0.15, 0.2) is 0 Å². The molecule has 19 heavy (non-hydrogen) atoms. The Labute approximate surface area is 115 Å². The average Bonchev–Trinajstić information content (AvgIpc) is 2.79. The first kappa shape index (κ1) is 13.8. The van der Waals surface area contributed by atoms with Crippen molar-refractivity contribution in [3.63, 3.8) is 0 Å². The number of aryl methyl sites for hydroxylation is 3. The highest BCUT2D eigenvalue weighted by Crippen LogP contribution is 2.27. The third-order valence-electron chi connectivity index (χ3n) is 3.41. The fourth-order valence-corrected chi connectivity index (χ4v) is 2.36. The number of hydrogen-bond acceptors (Lipinski definition) is 2. The van der Waals surface area contributed by atoms with Gasteiger partial charge in [-0.15, -0.1) is 0 Å². The van der Waals surface area contributed by atoms with E-state index >= 15 is 0 Å². The van der Waals surface area contributed by atoms with Crippen molar-refractivity contribution in [2.24, 2.45) is 7.05 Å². The zero-order chi connectivity index (χ0) is 13.8. The molecule has 0 aliphatic heterocycles. The summed E-state index contributed by atoms with van der Waals surface area (Å²) in [6.07, 6.45) is 3.09. The summed E-state index contributed by atoms with van der Waals surface area (Å²) in [4.78, 5) is 0. The van der Waals surface area contributed by atoms with E-state index in [2.05, 4.69) is 55.6 Å². The number of aromatic nitrogens is 2. The second kappa shape index (κ2) is 6.02. The van der Waals surface area contributed by atoms with Crippen molar-refractivity contribution in [1.82, 2.24) is 15.1 Å². The number of nitrogens with one attached hydrogen (secondary N) is 1. The Kier molecular flexibility index (Phi) is 4.38. The second-order valence-electron chi connectivity index (χ2n) is 4.95. The Bertz CT molecular complexity index is 555. The van der Waals surface area contributed by atoms with Crippen LogP contribution in [0.4, 0.5) is 0 Å². The van der Waals surface area contributed by atoms with Crippen molar-refractivity contribution >= 4 is 0 Å². The maximum atomic E-state index is 4.54. The van der Waals surface area contributed by atoms with Crippen molar-refractivity contribution in [3.8, 4) is 11.1 Å². The molecule has 3 nitrogen and oxygen atoms in total. The molecule has 0 bridgehead atoms. The normalized spacial score (nSPS) is 10.9. The summed E-state index contributed by atoms with van der Waals surface area (Å²) >= 11 is 0. The molecule has 0 fully saturated rings. The Morgan fingerprint density at radius 3 is 2.68 bits per heavy atom. The minimum Gasteiger partial charge on any atom is -0.313 e. The van der Waals surface area contributed by atoms with Gasteiger partial charge in [0.2, 0.25) is 0 Å². The lowest BCUT2D eigenvalue weighted by atomic mass is 9.98. The maximum Gasteiger partial charge on any atom is 0.0700 e. The minimum absolute atomic E-state index is 0.922. The molecule has 0 spiro atoms. The maximum absolute atomic E-state index is 4.54. The highest BCUT2D eigenvalue weighted by Gasteiger charge is 2.11. The van der Waals surface area contributed by atoms with Crippen LogP contribution in [-0.4, -0.2) is 16.3 Å². The van der Waals surface area contributed by atoms with Gasteiger partial charge in [-0.25, -0.2) is 0 Å². The van der Waals surface area contributed by atoms with Crippen LogP contribution in [0.5, 0.6) is 0 Å². The number of nitrogens with zero attached hydrogens (tertiary/aromatic N) is 2. The molecule has 3 heteroatoms. The van der Waals surface area contributed by atoms with E-state index in [1.807, 2.05) is 11.7 Å². The summed E-state index contributed by atoms with van der Waals surface area (Å²) in [6, 6.07) is 6.69. The van der Waals surface area contributed by atoms with Crippen LogP contribution in [0.25, 0.3) is 11.1 Å². The van der Waals surface area contributed by atoms with Gasteiger partial charge in [0, 0.05) is 25.4 Å². The first-order chi connectivity index (χ1) is 9.15. The van der Waals surface area contributed by atoms with Gasteiger partial charge in [-0.05, 0) is 42.6 Å². The summed E-state index contributed by atoms with van der Waals surface area (Å²) in [5, 5.41) is 7.92. The molecule has 1 aromatic carbocycles. The standard InChI is InChI=1S/C16H23N3/c1-5-16-15(11-19(4)18-16)14-9-13(10-17-6-2)8-7-12(14)3/h7-9,11,17H,5-6,10H2,1-4H3. The Morgan fingerprint density at radius 2 is 2.00 bits per heavy atom. The monoisotopic (exact) mass is 257 g/mol.